The van der Waals surface area contributed by atoms with Gasteiger partial charge in [0, 0.05) is 49.8 Å². The molecule has 1 N–H and O–H groups in total. The van der Waals surface area contributed by atoms with Crippen LogP contribution in [-0.2, 0) is 4.79 Å². The van der Waals surface area contributed by atoms with Crippen molar-refractivity contribution in [3.05, 3.63) is 96.8 Å². The molecule has 0 radical (unpaired) electrons. The molecule has 2 amide bonds. The molecule has 6 rings (SSSR count). The van der Waals surface area contributed by atoms with Crippen molar-refractivity contribution in [2.24, 2.45) is 5.92 Å². The monoisotopic (exact) mass is 645 g/mol. The second kappa shape index (κ2) is 14.4. The lowest BCUT2D eigenvalue weighted by Crippen LogP contribution is -2.47. The largest absolute Gasteiger partial charge is 0.432 e. The number of pyridine rings is 2. The highest BCUT2D eigenvalue weighted by molar-refractivity contribution is 7.80. The maximum atomic E-state index is 13.2. The smallest absolute Gasteiger partial charge is 0.264 e. The second-order valence-corrected chi connectivity index (χ2v) is 11.5. The molecule has 10 nitrogen and oxygen atoms in total. The van der Waals surface area contributed by atoms with Gasteiger partial charge in [-0.05, 0) is 106 Å². The molecule has 1 atom stereocenters. The molecule has 0 saturated carbocycles. The van der Waals surface area contributed by atoms with E-state index in [1.54, 1.807) is 48.8 Å². The predicted octanol–water partition coefficient (Wildman–Crippen LogP) is 6.25. The first-order valence-electron chi connectivity index (χ1n) is 15.7. The van der Waals surface area contributed by atoms with Crippen LogP contribution >= 0.6 is 12.2 Å². The molecule has 47 heavy (non-hydrogen) atoms. The van der Waals surface area contributed by atoms with Crippen molar-refractivity contribution in [2.45, 2.75) is 26.7 Å². The first kappa shape index (κ1) is 31.7. The Balaban J connectivity index is 1.14. The highest BCUT2D eigenvalue weighted by Crippen LogP contribution is 2.30. The number of nitrogens with one attached hydrogen (secondary N) is 1. The fraction of sp³-hybridized carbons (Fsp3) is 0.250. The molecular formula is C36H35N7O3S. The molecule has 3 aromatic heterocycles. The van der Waals surface area contributed by atoms with E-state index in [4.69, 9.17) is 26.9 Å². The zero-order valence-corrected chi connectivity index (χ0v) is 27.1. The van der Waals surface area contributed by atoms with Gasteiger partial charge in [0.05, 0.1) is 28.3 Å². The van der Waals surface area contributed by atoms with Crippen LogP contribution in [0.1, 0.15) is 37.0 Å². The van der Waals surface area contributed by atoms with Gasteiger partial charge in [-0.2, -0.15) is 0 Å². The average Bonchev–Trinajstić information content (AvgIpc) is 3.12. The molecule has 1 aliphatic heterocycles. The molecule has 2 aromatic carbocycles. The van der Waals surface area contributed by atoms with E-state index in [-0.39, 0.29) is 17.7 Å². The van der Waals surface area contributed by atoms with Crippen LogP contribution in [0.15, 0.2) is 91.3 Å². The number of hydrogen-bond donors (Lipinski definition) is 1. The highest BCUT2D eigenvalue weighted by Gasteiger charge is 2.30. The van der Waals surface area contributed by atoms with E-state index >= 15 is 0 Å². The van der Waals surface area contributed by atoms with Crippen molar-refractivity contribution in [1.82, 2.24) is 29.7 Å². The predicted molar refractivity (Wildman–Crippen MR) is 186 cm³/mol. The van der Waals surface area contributed by atoms with Crippen LogP contribution in [0.2, 0.25) is 0 Å². The van der Waals surface area contributed by atoms with Gasteiger partial charge in [-0.3, -0.25) is 19.6 Å². The van der Waals surface area contributed by atoms with Crippen molar-refractivity contribution in [3.8, 4) is 28.5 Å². The second-order valence-electron chi connectivity index (χ2n) is 11.2. The lowest BCUT2D eigenvalue weighted by Gasteiger charge is -2.35. The Kier molecular flexibility index (Phi) is 9.72. The summed E-state index contributed by atoms with van der Waals surface area (Å²) in [5.74, 6) is 0.312. The average molecular weight is 646 g/mol. The third kappa shape index (κ3) is 7.25. The van der Waals surface area contributed by atoms with Crippen molar-refractivity contribution < 1.29 is 14.3 Å². The van der Waals surface area contributed by atoms with E-state index in [9.17, 15) is 9.59 Å². The van der Waals surface area contributed by atoms with Gasteiger partial charge in [-0.25, -0.2) is 9.97 Å². The summed E-state index contributed by atoms with van der Waals surface area (Å²) < 4.78 is 5.96. The molecular weight excluding hydrogens is 611 g/mol. The zero-order valence-electron chi connectivity index (χ0n) is 26.3. The molecule has 11 heteroatoms. The Morgan fingerprint density at radius 3 is 2.17 bits per heavy atom. The number of aromatic nitrogens is 4. The van der Waals surface area contributed by atoms with E-state index in [1.807, 2.05) is 66.1 Å². The van der Waals surface area contributed by atoms with Crippen molar-refractivity contribution >= 4 is 45.9 Å². The fourth-order valence-electron chi connectivity index (χ4n) is 5.68. The first-order chi connectivity index (χ1) is 22.9. The van der Waals surface area contributed by atoms with Gasteiger partial charge in [-0.1, -0.05) is 12.1 Å². The number of fused-ring (bicyclic) bond motifs is 1. The summed E-state index contributed by atoms with van der Waals surface area (Å²) in [5.41, 5.74) is 4.91. The highest BCUT2D eigenvalue weighted by atomic mass is 32.1. The molecule has 238 valence electrons. The van der Waals surface area contributed by atoms with Crippen molar-refractivity contribution in [2.75, 3.05) is 31.5 Å². The molecule has 0 spiro atoms. The molecule has 0 unspecified atom stereocenters. The number of rotatable bonds is 8. The molecule has 1 aliphatic rings. The first-order valence-corrected chi connectivity index (χ1v) is 16.2. The van der Waals surface area contributed by atoms with E-state index in [0.29, 0.717) is 75.6 Å². The lowest BCUT2D eigenvalue weighted by molar-refractivity contribution is -0.136. The number of likely N-dealkylation sites (tertiary alicyclic amines) is 1. The van der Waals surface area contributed by atoms with E-state index in [0.717, 1.165) is 19.4 Å². The van der Waals surface area contributed by atoms with E-state index in [1.165, 1.54) is 0 Å². The van der Waals surface area contributed by atoms with Crippen LogP contribution < -0.4 is 10.1 Å². The van der Waals surface area contributed by atoms with E-state index < -0.39 is 0 Å². The summed E-state index contributed by atoms with van der Waals surface area (Å²) in [6.45, 7) is 6.67. The minimum absolute atomic E-state index is 0.0955. The third-order valence-electron chi connectivity index (χ3n) is 8.16. The Morgan fingerprint density at radius 2 is 1.55 bits per heavy atom. The van der Waals surface area contributed by atoms with Crippen LogP contribution in [0.3, 0.4) is 0 Å². The number of hydrogen-bond acceptors (Lipinski definition) is 8. The Bertz CT molecular complexity index is 1880. The van der Waals surface area contributed by atoms with Gasteiger partial charge in [0.2, 0.25) is 5.91 Å². The summed E-state index contributed by atoms with van der Waals surface area (Å²) >= 11 is 5.58. The number of carbonyl (C=O) groups is 2. The van der Waals surface area contributed by atoms with Crippen LogP contribution in [0, 0.1) is 5.92 Å². The van der Waals surface area contributed by atoms with Gasteiger partial charge < -0.3 is 19.9 Å². The van der Waals surface area contributed by atoms with Gasteiger partial charge in [0.15, 0.2) is 0 Å². The zero-order chi connectivity index (χ0) is 32.8. The van der Waals surface area contributed by atoms with Gasteiger partial charge in [0.25, 0.3) is 11.1 Å². The normalized spacial score (nSPS) is 14.4. The Hall–Kier alpha value is -5.29. The molecule has 4 heterocycles. The molecule has 0 aliphatic carbocycles. The van der Waals surface area contributed by atoms with E-state index in [2.05, 4.69) is 15.3 Å². The number of anilines is 1. The lowest BCUT2D eigenvalue weighted by atomic mass is 9.97. The number of carbonyl (C=O) groups excluding carboxylic acids is 2. The van der Waals surface area contributed by atoms with Crippen molar-refractivity contribution in [3.63, 3.8) is 0 Å². The number of piperidine rings is 1. The molecule has 5 aromatic rings. The minimum atomic E-state index is -0.282. The molecule has 1 saturated heterocycles. The minimum Gasteiger partial charge on any atom is -0.432 e. The molecule has 1 fully saturated rings. The topological polar surface area (TPSA) is 113 Å². The number of benzene rings is 2. The van der Waals surface area contributed by atoms with Crippen molar-refractivity contribution in [1.29, 1.82) is 0 Å². The summed E-state index contributed by atoms with van der Waals surface area (Å²) in [5, 5.41) is 3.28. The number of nitrogens with zero attached hydrogens (tertiary/aromatic N) is 6. The molecule has 0 bridgehead atoms. The van der Waals surface area contributed by atoms with Crippen LogP contribution in [0.5, 0.6) is 5.75 Å². The number of amides is 2. The summed E-state index contributed by atoms with van der Waals surface area (Å²) in [4.78, 5) is 48.6. The van der Waals surface area contributed by atoms with Gasteiger partial charge in [-0.15, -0.1) is 0 Å². The fourth-order valence-corrected chi connectivity index (χ4v) is 5.94. The van der Waals surface area contributed by atoms with Crippen LogP contribution in [-0.4, -0.2) is 72.9 Å². The standard InChI is InChI=1S/C36H35N7O3S/c1-3-42(4-2)35(45)25-10-9-21-43(23-25)36(47)46-27-16-13-24(14-17-27)34(44)39-26-15-18-28-31(22-26)41-33(30-12-6-8-20-38-30)32(40-28)29-11-5-7-19-37-29/h5-8,11-20,22,25H,3-4,9-10,21,23H2,1-2H3,(H,39,44)/t25-/m1/s1. The number of ether oxygens (including phenoxy) is 1. The summed E-state index contributed by atoms with van der Waals surface area (Å²) in [6, 6.07) is 23.5. The SMILES string of the molecule is CCN(CC)C(=O)[C@@H]1CCCN(C(=S)Oc2ccc(C(=O)Nc3ccc4nc(-c5ccccn5)c(-c5ccccn5)nc4c3)cc2)C1. The summed E-state index contributed by atoms with van der Waals surface area (Å²) in [7, 11) is 0. The quantitative estimate of drug-likeness (QED) is 0.196. The van der Waals surface area contributed by atoms with Crippen LogP contribution in [0.25, 0.3) is 33.8 Å². The van der Waals surface area contributed by atoms with Gasteiger partial charge in [0.1, 0.15) is 17.1 Å². The van der Waals surface area contributed by atoms with Crippen LogP contribution in [0.4, 0.5) is 5.69 Å². The van der Waals surface area contributed by atoms with Gasteiger partial charge >= 0.3 is 0 Å². The Labute approximate surface area is 278 Å². The number of thiocarbonyl (C=S) groups is 1. The maximum Gasteiger partial charge on any atom is 0.264 e. The summed E-state index contributed by atoms with van der Waals surface area (Å²) in [6.07, 6.45) is 5.15. The maximum absolute atomic E-state index is 13.2. The third-order valence-corrected chi connectivity index (χ3v) is 8.50. The Morgan fingerprint density at radius 1 is 0.894 bits per heavy atom.